The number of nitrogens with two attached hydrogens (primary N) is 1. The zero-order chi connectivity index (χ0) is 16.6. The number of rotatable bonds is 9. The molecule has 3 aromatic rings. The third-order valence-corrected chi connectivity index (χ3v) is 5.54. The van der Waals surface area contributed by atoms with Crippen LogP contribution in [0.4, 0.5) is 0 Å². The van der Waals surface area contributed by atoms with Gasteiger partial charge in [0.1, 0.15) is 0 Å². The highest BCUT2D eigenvalue weighted by atomic mass is 32.2. The molecule has 7 heteroatoms. The van der Waals surface area contributed by atoms with Gasteiger partial charge in [0.05, 0.1) is 0 Å². The smallest absolute Gasteiger partial charge is 0.235 e. The lowest BCUT2D eigenvalue weighted by atomic mass is 10.2. The highest BCUT2D eigenvalue weighted by Gasteiger charge is 2.11. The molecule has 0 saturated carbocycles. The van der Waals surface area contributed by atoms with E-state index >= 15 is 0 Å². The largest absolute Gasteiger partial charge is 0.330 e. The van der Waals surface area contributed by atoms with Gasteiger partial charge in [-0.15, -0.1) is 15.3 Å². The van der Waals surface area contributed by atoms with Crippen LogP contribution in [-0.4, -0.2) is 32.1 Å². The van der Waals surface area contributed by atoms with E-state index < -0.39 is 0 Å². The summed E-state index contributed by atoms with van der Waals surface area (Å²) in [5, 5.41) is 13.1. The lowest BCUT2D eigenvalue weighted by Crippen LogP contribution is -2.00. The molecule has 0 radical (unpaired) electrons. The van der Waals surface area contributed by atoms with Crippen LogP contribution in [0.15, 0.2) is 40.7 Å². The minimum atomic E-state index is 0.753. The van der Waals surface area contributed by atoms with Crippen molar-refractivity contribution in [2.45, 2.75) is 30.0 Å². The van der Waals surface area contributed by atoms with Crippen molar-refractivity contribution < 1.29 is 0 Å². The topological polar surface area (TPSA) is 69.1 Å². The number of hydrogen-bond acceptors (Lipinski definition) is 6. The van der Waals surface area contributed by atoms with Gasteiger partial charge in [-0.3, -0.25) is 0 Å². The molecule has 0 unspecified atom stereocenters. The summed E-state index contributed by atoms with van der Waals surface area (Å²) in [5.41, 5.74) is 6.74. The molecule has 0 aliphatic carbocycles. The third kappa shape index (κ3) is 4.66. The van der Waals surface area contributed by atoms with Gasteiger partial charge in [0.25, 0.3) is 0 Å². The Labute approximate surface area is 150 Å². The molecule has 0 saturated heterocycles. The summed E-state index contributed by atoms with van der Waals surface area (Å²) in [5.74, 6) is 1.84. The van der Waals surface area contributed by atoms with Crippen LogP contribution in [-0.2, 0) is 6.42 Å². The standard InChI is InChI=1S/C17H21N5S2/c18-12-6-2-5-11-15-19-20-16-22(15)21-17(24-16)23-13-7-10-14-8-3-1-4-9-14/h1,3-4,7-10H,2,5-6,11-13,18H2. The lowest BCUT2D eigenvalue weighted by Gasteiger charge is -1.97. The van der Waals surface area contributed by atoms with Crippen molar-refractivity contribution in [2.75, 3.05) is 12.3 Å². The first kappa shape index (κ1) is 17.1. The van der Waals surface area contributed by atoms with Crippen LogP contribution in [0.3, 0.4) is 0 Å². The predicted octanol–water partition coefficient (Wildman–Crippen LogP) is 3.66. The van der Waals surface area contributed by atoms with Gasteiger partial charge in [0.2, 0.25) is 4.96 Å². The quantitative estimate of drug-likeness (QED) is 0.466. The maximum Gasteiger partial charge on any atom is 0.235 e. The Kier molecular flexibility index (Phi) is 6.40. The molecule has 0 fully saturated rings. The Bertz CT molecular complexity index is 779. The van der Waals surface area contributed by atoms with Crippen molar-refractivity contribution in [1.82, 2.24) is 19.8 Å². The Hall–Kier alpha value is -1.70. The van der Waals surface area contributed by atoms with Crippen LogP contribution >= 0.6 is 23.1 Å². The molecule has 2 N–H and O–H groups in total. The number of fused-ring (bicyclic) bond motifs is 1. The van der Waals surface area contributed by atoms with Crippen LogP contribution < -0.4 is 5.73 Å². The number of hydrogen-bond donors (Lipinski definition) is 1. The molecular weight excluding hydrogens is 338 g/mol. The maximum atomic E-state index is 5.52. The van der Waals surface area contributed by atoms with E-state index in [4.69, 9.17) is 5.73 Å². The summed E-state index contributed by atoms with van der Waals surface area (Å²) >= 11 is 3.32. The van der Waals surface area contributed by atoms with Crippen molar-refractivity contribution >= 4 is 34.1 Å². The number of nitrogens with zero attached hydrogens (tertiary/aromatic N) is 4. The number of aryl methyl sites for hydroxylation is 1. The number of unbranched alkanes of at least 4 members (excludes halogenated alkanes) is 2. The maximum absolute atomic E-state index is 5.52. The van der Waals surface area contributed by atoms with E-state index in [2.05, 4.69) is 39.6 Å². The Morgan fingerprint density at radius 3 is 2.83 bits per heavy atom. The zero-order valence-electron chi connectivity index (χ0n) is 13.5. The molecular formula is C17H21N5S2. The Morgan fingerprint density at radius 2 is 2.00 bits per heavy atom. The van der Waals surface area contributed by atoms with E-state index in [9.17, 15) is 0 Å². The molecule has 126 valence electrons. The summed E-state index contributed by atoms with van der Waals surface area (Å²) in [6.07, 6.45) is 8.47. The minimum Gasteiger partial charge on any atom is -0.330 e. The second kappa shape index (κ2) is 8.96. The highest BCUT2D eigenvalue weighted by Crippen LogP contribution is 2.25. The SMILES string of the molecule is NCCCCCc1nnc2sc(SCC=Cc3ccccc3)nn12. The van der Waals surface area contributed by atoms with Crippen LogP contribution in [0.5, 0.6) is 0 Å². The third-order valence-electron chi connectivity index (χ3n) is 3.55. The lowest BCUT2D eigenvalue weighted by molar-refractivity contribution is 0.654. The molecule has 2 aromatic heterocycles. The van der Waals surface area contributed by atoms with Crippen molar-refractivity contribution in [3.8, 4) is 0 Å². The van der Waals surface area contributed by atoms with Gasteiger partial charge in [-0.25, -0.2) is 0 Å². The van der Waals surface area contributed by atoms with Gasteiger partial charge in [0.15, 0.2) is 10.2 Å². The van der Waals surface area contributed by atoms with Crippen LogP contribution in [0.25, 0.3) is 11.0 Å². The van der Waals surface area contributed by atoms with Gasteiger partial charge in [-0.05, 0) is 24.9 Å². The number of thioether (sulfide) groups is 1. The first-order valence-corrected chi connectivity index (χ1v) is 9.92. The van der Waals surface area contributed by atoms with E-state index in [0.717, 1.165) is 53.1 Å². The molecule has 3 rings (SSSR count). The molecule has 0 aliphatic rings. The minimum absolute atomic E-state index is 0.753. The Morgan fingerprint density at radius 1 is 1.12 bits per heavy atom. The average Bonchev–Trinajstić information content (AvgIpc) is 3.17. The fourth-order valence-corrected chi connectivity index (χ4v) is 4.06. The van der Waals surface area contributed by atoms with E-state index in [0.29, 0.717) is 0 Å². The van der Waals surface area contributed by atoms with E-state index in [1.165, 1.54) is 5.56 Å². The molecule has 2 heterocycles. The fraction of sp³-hybridized carbons (Fsp3) is 0.353. The first-order chi connectivity index (χ1) is 11.9. The molecule has 0 bridgehead atoms. The van der Waals surface area contributed by atoms with Gasteiger partial charge in [-0.1, -0.05) is 72.0 Å². The number of benzene rings is 1. The van der Waals surface area contributed by atoms with E-state index in [1.54, 1.807) is 23.1 Å². The van der Waals surface area contributed by atoms with Crippen LogP contribution in [0, 0.1) is 0 Å². The summed E-state index contributed by atoms with van der Waals surface area (Å²) < 4.78 is 2.91. The van der Waals surface area contributed by atoms with Crippen molar-refractivity contribution in [1.29, 1.82) is 0 Å². The fourth-order valence-electron chi connectivity index (χ4n) is 2.33. The van der Waals surface area contributed by atoms with Gasteiger partial charge < -0.3 is 5.73 Å². The van der Waals surface area contributed by atoms with E-state index in [1.807, 2.05) is 22.7 Å². The van der Waals surface area contributed by atoms with E-state index in [-0.39, 0.29) is 0 Å². The molecule has 1 aromatic carbocycles. The monoisotopic (exact) mass is 359 g/mol. The summed E-state index contributed by atoms with van der Waals surface area (Å²) in [6, 6.07) is 10.3. The summed E-state index contributed by atoms with van der Waals surface area (Å²) in [7, 11) is 0. The second-order valence-electron chi connectivity index (χ2n) is 5.40. The average molecular weight is 360 g/mol. The van der Waals surface area contributed by atoms with Gasteiger partial charge in [0, 0.05) is 12.2 Å². The molecule has 0 aliphatic heterocycles. The molecule has 0 atom stereocenters. The normalized spacial score (nSPS) is 11.7. The van der Waals surface area contributed by atoms with Crippen LogP contribution in [0.2, 0.25) is 0 Å². The highest BCUT2D eigenvalue weighted by molar-refractivity contribution is 8.01. The molecule has 24 heavy (non-hydrogen) atoms. The Balaban J connectivity index is 1.54. The predicted molar refractivity (Wildman–Crippen MR) is 101 cm³/mol. The molecule has 0 spiro atoms. The summed E-state index contributed by atoms with van der Waals surface area (Å²) in [6.45, 7) is 0.753. The van der Waals surface area contributed by atoms with Crippen LogP contribution in [0.1, 0.15) is 30.7 Å². The number of aromatic nitrogens is 4. The van der Waals surface area contributed by atoms with Gasteiger partial charge in [-0.2, -0.15) is 4.52 Å². The molecule has 5 nitrogen and oxygen atoms in total. The molecule has 0 amide bonds. The summed E-state index contributed by atoms with van der Waals surface area (Å²) in [4.78, 5) is 0.873. The van der Waals surface area contributed by atoms with Gasteiger partial charge >= 0.3 is 0 Å². The van der Waals surface area contributed by atoms with Crippen molar-refractivity contribution in [2.24, 2.45) is 5.73 Å². The first-order valence-electron chi connectivity index (χ1n) is 8.12. The van der Waals surface area contributed by atoms with Crippen molar-refractivity contribution in [3.63, 3.8) is 0 Å². The zero-order valence-corrected chi connectivity index (χ0v) is 15.1. The second-order valence-corrected chi connectivity index (χ2v) is 7.63. The van der Waals surface area contributed by atoms with Crippen molar-refractivity contribution in [3.05, 3.63) is 47.8 Å².